The SMILES string of the molecule is N[C@H]1CCCc2ccc(OCc3ccc(Cl)cc3Cl)cc21. The second kappa shape index (κ2) is 6.27. The third-order valence-corrected chi connectivity index (χ3v) is 4.47. The van der Waals surface area contributed by atoms with Crippen LogP contribution in [0.15, 0.2) is 36.4 Å². The molecule has 2 aromatic rings. The number of halogens is 2. The van der Waals surface area contributed by atoms with Gasteiger partial charge in [0, 0.05) is 21.7 Å². The van der Waals surface area contributed by atoms with Gasteiger partial charge in [0.1, 0.15) is 12.4 Å². The lowest BCUT2D eigenvalue weighted by atomic mass is 9.88. The van der Waals surface area contributed by atoms with Gasteiger partial charge in [-0.05, 0) is 54.7 Å². The average molecular weight is 322 g/mol. The molecule has 0 heterocycles. The third kappa shape index (κ3) is 3.34. The van der Waals surface area contributed by atoms with Crippen LogP contribution in [-0.4, -0.2) is 0 Å². The Balaban J connectivity index is 1.75. The second-order valence-corrected chi connectivity index (χ2v) is 6.23. The van der Waals surface area contributed by atoms with Gasteiger partial charge in [0.2, 0.25) is 0 Å². The Morgan fingerprint density at radius 1 is 1.14 bits per heavy atom. The lowest BCUT2D eigenvalue weighted by Crippen LogP contribution is -2.17. The molecule has 21 heavy (non-hydrogen) atoms. The Labute approximate surface area is 134 Å². The van der Waals surface area contributed by atoms with Gasteiger partial charge in [0.15, 0.2) is 0 Å². The van der Waals surface area contributed by atoms with Crippen molar-refractivity contribution in [1.29, 1.82) is 0 Å². The van der Waals surface area contributed by atoms with E-state index in [4.69, 9.17) is 33.7 Å². The summed E-state index contributed by atoms with van der Waals surface area (Å²) in [5.41, 5.74) is 9.64. The summed E-state index contributed by atoms with van der Waals surface area (Å²) in [4.78, 5) is 0. The van der Waals surface area contributed by atoms with Gasteiger partial charge >= 0.3 is 0 Å². The predicted molar refractivity (Wildman–Crippen MR) is 87.1 cm³/mol. The zero-order valence-corrected chi connectivity index (χ0v) is 13.1. The highest BCUT2D eigenvalue weighted by Crippen LogP contribution is 2.31. The summed E-state index contributed by atoms with van der Waals surface area (Å²) in [6.07, 6.45) is 3.31. The predicted octanol–water partition coefficient (Wildman–Crippen LogP) is 4.91. The molecule has 4 heteroatoms. The number of ether oxygens (including phenoxy) is 1. The fraction of sp³-hybridized carbons (Fsp3) is 0.294. The molecule has 0 saturated carbocycles. The molecule has 0 radical (unpaired) electrons. The largest absolute Gasteiger partial charge is 0.489 e. The van der Waals surface area contributed by atoms with Crippen LogP contribution in [0.3, 0.4) is 0 Å². The topological polar surface area (TPSA) is 35.2 Å². The van der Waals surface area contributed by atoms with E-state index in [0.717, 1.165) is 30.6 Å². The van der Waals surface area contributed by atoms with Crippen LogP contribution in [0, 0.1) is 0 Å². The molecular weight excluding hydrogens is 305 g/mol. The Kier molecular flexibility index (Phi) is 4.39. The van der Waals surface area contributed by atoms with E-state index in [1.54, 1.807) is 6.07 Å². The molecule has 3 rings (SSSR count). The Hall–Kier alpha value is -1.22. The molecule has 0 bridgehead atoms. The number of hydrogen-bond acceptors (Lipinski definition) is 2. The van der Waals surface area contributed by atoms with Gasteiger partial charge in [-0.1, -0.05) is 35.3 Å². The van der Waals surface area contributed by atoms with Gasteiger partial charge in [0.25, 0.3) is 0 Å². The van der Waals surface area contributed by atoms with Crippen LogP contribution in [0.2, 0.25) is 10.0 Å². The molecule has 0 aliphatic heterocycles. The van der Waals surface area contributed by atoms with E-state index in [-0.39, 0.29) is 6.04 Å². The smallest absolute Gasteiger partial charge is 0.120 e. The fourth-order valence-electron chi connectivity index (χ4n) is 2.70. The molecule has 1 aliphatic rings. The van der Waals surface area contributed by atoms with E-state index < -0.39 is 0 Å². The monoisotopic (exact) mass is 321 g/mol. The maximum atomic E-state index is 6.17. The van der Waals surface area contributed by atoms with Gasteiger partial charge in [-0.15, -0.1) is 0 Å². The molecule has 2 nitrogen and oxygen atoms in total. The number of rotatable bonds is 3. The number of nitrogens with two attached hydrogens (primary N) is 1. The Morgan fingerprint density at radius 2 is 2.00 bits per heavy atom. The van der Waals surface area contributed by atoms with Crippen molar-refractivity contribution in [1.82, 2.24) is 0 Å². The first-order chi connectivity index (χ1) is 10.1. The maximum Gasteiger partial charge on any atom is 0.120 e. The van der Waals surface area contributed by atoms with Crippen LogP contribution in [0.1, 0.15) is 35.6 Å². The minimum absolute atomic E-state index is 0.122. The molecule has 0 unspecified atom stereocenters. The van der Waals surface area contributed by atoms with E-state index in [2.05, 4.69) is 12.1 Å². The van der Waals surface area contributed by atoms with Crippen molar-refractivity contribution in [3.8, 4) is 5.75 Å². The molecule has 2 N–H and O–H groups in total. The average Bonchev–Trinajstić information content (AvgIpc) is 2.47. The number of aryl methyl sites for hydroxylation is 1. The van der Waals surface area contributed by atoms with Crippen LogP contribution < -0.4 is 10.5 Å². The maximum absolute atomic E-state index is 6.17. The van der Waals surface area contributed by atoms with Crippen molar-refractivity contribution in [2.75, 3.05) is 0 Å². The minimum Gasteiger partial charge on any atom is -0.489 e. The number of fused-ring (bicyclic) bond motifs is 1. The first-order valence-corrected chi connectivity index (χ1v) is 7.84. The van der Waals surface area contributed by atoms with Crippen LogP contribution in [0.25, 0.3) is 0 Å². The van der Waals surface area contributed by atoms with Crippen LogP contribution in [-0.2, 0) is 13.0 Å². The van der Waals surface area contributed by atoms with Gasteiger partial charge in [0.05, 0.1) is 0 Å². The van der Waals surface area contributed by atoms with Crippen LogP contribution in [0.5, 0.6) is 5.75 Å². The van der Waals surface area contributed by atoms with Crippen molar-refractivity contribution in [3.63, 3.8) is 0 Å². The molecular formula is C17H17Cl2NO. The van der Waals surface area contributed by atoms with Crippen molar-refractivity contribution < 1.29 is 4.74 Å². The molecule has 0 spiro atoms. The first kappa shape index (κ1) is 14.7. The highest BCUT2D eigenvalue weighted by atomic mass is 35.5. The molecule has 0 aromatic heterocycles. The standard InChI is InChI=1S/C17H17Cl2NO/c18-13-6-4-12(16(19)8-13)10-21-14-7-5-11-2-1-3-17(20)15(11)9-14/h4-9,17H,1-3,10,20H2/t17-/m0/s1. The van der Waals surface area contributed by atoms with Crippen molar-refractivity contribution >= 4 is 23.2 Å². The van der Waals surface area contributed by atoms with Crippen molar-refractivity contribution in [3.05, 3.63) is 63.1 Å². The number of hydrogen-bond donors (Lipinski definition) is 1. The number of benzene rings is 2. The van der Waals surface area contributed by atoms with Crippen LogP contribution in [0.4, 0.5) is 0 Å². The summed E-state index contributed by atoms with van der Waals surface area (Å²) in [6.45, 7) is 0.421. The minimum atomic E-state index is 0.122. The summed E-state index contributed by atoms with van der Waals surface area (Å²) in [5, 5.41) is 1.25. The quantitative estimate of drug-likeness (QED) is 0.871. The van der Waals surface area contributed by atoms with Gasteiger partial charge in [-0.2, -0.15) is 0 Å². The second-order valence-electron chi connectivity index (χ2n) is 5.38. The van der Waals surface area contributed by atoms with E-state index in [9.17, 15) is 0 Å². The lowest BCUT2D eigenvalue weighted by Gasteiger charge is -2.22. The van der Waals surface area contributed by atoms with E-state index in [0.29, 0.717) is 16.7 Å². The molecule has 0 amide bonds. The molecule has 1 aliphatic carbocycles. The van der Waals surface area contributed by atoms with E-state index >= 15 is 0 Å². The Morgan fingerprint density at radius 3 is 2.81 bits per heavy atom. The first-order valence-electron chi connectivity index (χ1n) is 7.08. The summed E-state index contributed by atoms with van der Waals surface area (Å²) in [5.74, 6) is 0.831. The van der Waals surface area contributed by atoms with Gasteiger partial charge in [-0.3, -0.25) is 0 Å². The molecule has 110 valence electrons. The zero-order chi connectivity index (χ0) is 14.8. The fourth-order valence-corrected chi connectivity index (χ4v) is 3.17. The lowest BCUT2D eigenvalue weighted by molar-refractivity contribution is 0.305. The molecule has 0 saturated heterocycles. The normalized spacial score (nSPS) is 17.4. The summed E-state index contributed by atoms with van der Waals surface area (Å²) in [6, 6.07) is 11.7. The van der Waals surface area contributed by atoms with Crippen molar-refractivity contribution in [2.24, 2.45) is 5.73 Å². The molecule has 2 aromatic carbocycles. The highest BCUT2D eigenvalue weighted by molar-refractivity contribution is 6.35. The van der Waals surface area contributed by atoms with Gasteiger partial charge < -0.3 is 10.5 Å². The zero-order valence-electron chi connectivity index (χ0n) is 11.6. The summed E-state index contributed by atoms with van der Waals surface area (Å²) in [7, 11) is 0. The third-order valence-electron chi connectivity index (χ3n) is 3.89. The van der Waals surface area contributed by atoms with E-state index in [1.807, 2.05) is 18.2 Å². The van der Waals surface area contributed by atoms with Crippen LogP contribution >= 0.6 is 23.2 Å². The Bertz CT molecular complexity index is 657. The summed E-state index contributed by atoms with van der Waals surface area (Å²) >= 11 is 12.0. The molecule has 0 fully saturated rings. The van der Waals surface area contributed by atoms with E-state index in [1.165, 1.54) is 11.1 Å². The van der Waals surface area contributed by atoms with Gasteiger partial charge in [-0.25, -0.2) is 0 Å². The molecule has 1 atom stereocenters. The summed E-state index contributed by atoms with van der Waals surface area (Å²) < 4.78 is 5.84. The van der Waals surface area contributed by atoms with Crippen molar-refractivity contribution in [2.45, 2.75) is 31.9 Å². The highest BCUT2D eigenvalue weighted by Gasteiger charge is 2.17.